The number of carbonyl (C=O) groups excluding carboxylic acids is 1. The Kier molecular flexibility index (Phi) is 6.89. The van der Waals surface area contributed by atoms with Gasteiger partial charge < -0.3 is 10.6 Å². The summed E-state index contributed by atoms with van der Waals surface area (Å²) in [6.07, 6.45) is 1.51. The van der Waals surface area contributed by atoms with Crippen molar-refractivity contribution >= 4 is 63.1 Å². The van der Waals surface area contributed by atoms with Gasteiger partial charge in [0.05, 0.1) is 11.7 Å². The lowest BCUT2D eigenvalue weighted by Gasteiger charge is -2.25. The van der Waals surface area contributed by atoms with Gasteiger partial charge in [-0.3, -0.25) is 4.79 Å². The quantitative estimate of drug-likeness (QED) is 0.159. The molecule has 0 spiro atoms. The van der Waals surface area contributed by atoms with Gasteiger partial charge in [0.2, 0.25) is 0 Å². The first-order chi connectivity index (χ1) is 19.6. The van der Waals surface area contributed by atoms with E-state index in [-0.39, 0.29) is 5.57 Å². The molecule has 0 aliphatic heterocycles. The van der Waals surface area contributed by atoms with Crippen LogP contribution in [0.15, 0.2) is 115 Å². The SMILES string of the molecule is N#C/C(=C\c1ccc(-c2ccc(-c3ccc(N(c4ccccc4)c4ccccc4)cc3)c3nsnc23)s1)C(N)=O. The molecular formula is C32H21N5OS2. The highest BCUT2D eigenvalue weighted by Crippen LogP contribution is 2.39. The van der Waals surface area contributed by atoms with E-state index in [1.807, 2.05) is 60.7 Å². The maximum atomic E-state index is 11.4. The van der Waals surface area contributed by atoms with E-state index >= 15 is 0 Å². The summed E-state index contributed by atoms with van der Waals surface area (Å²) in [4.78, 5) is 15.4. The summed E-state index contributed by atoms with van der Waals surface area (Å²) in [6, 6.07) is 38.9. The van der Waals surface area contributed by atoms with Gasteiger partial charge in [0.15, 0.2) is 0 Å². The average Bonchev–Trinajstić information content (AvgIpc) is 3.67. The van der Waals surface area contributed by atoms with Crippen LogP contribution in [0.4, 0.5) is 17.1 Å². The first-order valence-electron chi connectivity index (χ1n) is 12.4. The van der Waals surface area contributed by atoms with Crippen LogP contribution in [0.5, 0.6) is 0 Å². The average molecular weight is 556 g/mol. The molecule has 0 aliphatic rings. The molecule has 2 heterocycles. The van der Waals surface area contributed by atoms with Crippen molar-refractivity contribution in [3.05, 3.63) is 120 Å². The molecule has 0 radical (unpaired) electrons. The normalized spacial score (nSPS) is 11.3. The first kappa shape index (κ1) is 25.2. The molecule has 6 nitrogen and oxygen atoms in total. The minimum absolute atomic E-state index is 0.0780. The molecule has 1 amide bonds. The van der Waals surface area contributed by atoms with Gasteiger partial charge in [0, 0.05) is 37.9 Å². The van der Waals surface area contributed by atoms with Crippen molar-refractivity contribution in [3.63, 3.8) is 0 Å². The number of hydrogen-bond acceptors (Lipinski definition) is 7. The highest BCUT2D eigenvalue weighted by Gasteiger charge is 2.16. The van der Waals surface area contributed by atoms with Gasteiger partial charge in [-0.25, -0.2) is 0 Å². The van der Waals surface area contributed by atoms with E-state index in [2.05, 4.69) is 68.2 Å². The second kappa shape index (κ2) is 10.9. The topological polar surface area (TPSA) is 95.9 Å². The van der Waals surface area contributed by atoms with Crippen LogP contribution in [0.1, 0.15) is 4.88 Å². The summed E-state index contributed by atoms with van der Waals surface area (Å²) in [5, 5.41) is 9.16. The van der Waals surface area contributed by atoms with E-state index in [4.69, 9.17) is 11.0 Å². The Hall–Kier alpha value is -5.10. The number of nitrogens with zero attached hydrogens (tertiary/aromatic N) is 4. The number of thiophene rings is 1. The molecule has 6 rings (SSSR count). The van der Waals surface area contributed by atoms with Crippen LogP contribution < -0.4 is 10.6 Å². The van der Waals surface area contributed by atoms with Crippen LogP contribution >= 0.6 is 23.1 Å². The molecule has 0 saturated carbocycles. The molecule has 0 saturated heterocycles. The molecule has 2 N–H and O–H groups in total. The summed E-state index contributed by atoms with van der Waals surface area (Å²) < 4.78 is 9.24. The third-order valence-electron chi connectivity index (χ3n) is 6.45. The fourth-order valence-corrected chi connectivity index (χ4v) is 6.12. The smallest absolute Gasteiger partial charge is 0.259 e. The van der Waals surface area contributed by atoms with Gasteiger partial charge in [-0.1, -0.05) is 60.7 Å². The van der Waals surface area contributed by atoms with Crippen LogP contribution in [0.2, 0.25) is 0 Å². The molecule has 0 aliphatic carbocycles. The Balaban J connectivity index is 1.36. The molecule has 0 atom stereocenters. The maximum Gasteiger partial charge on any atom is 0.259 e. The number of nitrogens with two attached hydrogens (primary N) is 1. The Labute approximate surface area is 239 Å². The van der Waals surface area contributed by atoms with E-state index in [9.17, 15) is 4.79 Å². The Bertz CT molecular complexity index is 1850. The third kappa shape index (κ3) is 4.87. The van der Waals surface area contributed by atoms with Gasteiger partial charge in [-0.15, -0.1) is 11.3 Å². The van der Waals surface area contributed by atoms with Crippen LogP contribution in [-0.2, 0) is 4.79 Å². The van der Waals surface area contributed by atoms with Crippen LogP contribution in [0, 0.1) is 11.3 Å². The second-order valence-corrected chi connectivity index (χ2v) is 10.6. The number of fused-ring (bicyclic) bond motifs is 1. The van der Waals surface area contributed by atoms with Gasteiger partial charge in [-0.2, -0.15) is 14.0 Å². The summed E-state index contributed by atoms with van der Waals surface area (Å²) in [6.45, 7) is 0. The van der Waals surface area contributed by atoms with Crippen molar-refractivity contribution in [3.8, 4) is 27.6 Å². The van der Waals surface area contributed by atoms with Crippen molar-refractivity contribution in [1.29, 1.82) is 5.26 Å². The van der Waals surface area contributed by atoms with E-state index in [0.29, 0.717) is 0 Å². The molecule has 8 heteroatoms. The summed E-state index contributed by atoms with van der Waals surface area (Å²) >= 11 is 2.64. The number of hydrogen-bond donors (Lipinski definition) is 1. The number of amides is 1. The highest BCUT2D eigenvalue weighted by atomic mass is 32.1. The van der Waals surface area contributed by atoms with Gasteiger partial charge in [-0.05, 0) is 60.2 Å². The van der Waals surface area contributed by atoms with Crippen LogP contribution in [0.25, 0.3) is 38.7 Å². The van der Waals surface area contributed by atoms with Gasteiger partial charge in [0.1, 0.15) is 22.7 Å². The second-order valence-electron chi connectivity index (χ2n) is 8.91. The third-order valence-corrected chi connectivity index (χ3v) is 8.04. The number of nitriles is 1. The van der Waals surface area contributed by atoms with Crippen molar-refractivity contribution in [2.75, 3.05) is 4.90 Å². The molecular weight excluding hydrogens is 535 g/mol. The van der Waals surface area contributed by atoms with Gasteiger partial charge >= 0.3 is 0 Å². The van der Waals surface area contributed by atoms with Crippen molar-refractivity contribution in [1.82, 2.24) is 8.75 Å². The fraction of sp³-hybridized carbons (Fsp3) is 0. The molecule has 192 valence electrons. The largest absolute Gasteiger partial charge is 0.365 e. The number of primary amides is 1. The zero-order valence-electron chi connectivity index (χ0n) is 21.1. The summed E-state index contributed by atoms with van der Waals surface area (Å²) in [5.74, 6) is -0.741. The van der Waals surface area contributed by atoms with Gasteiger partial charge in [0.25, 0.3) is 5.91 Å². The summed E-state index contributed by atoms with van der Waals surface area (Å²) in [5.41, 5.74) is 13.1. The zero-order chi connectivity index (χ0) is 27.5. The van der Waals surface area contributed by atoms with Crippen molar-refractivity contribution < 1.29 is 4.79 Å². The van der Waals surface area contributed by atoms with Crippen molar-refractivity contribution in [2.45, 2.75) is 0 Å². The highest BCUT2D eigenvalue weighted by molar-refractivity contribution is 7.16. The summed E-state index contributed by atoms with van der Waals surface area (Å²) in [7, 11) is 0. The molecule has 0 bridgehead atoms. The number of carbonyl (C=O) groups is 1. The van der Waals surface area contributed by atoms with E-state index in [0.717, 1.165) is 54.5 Å². The zero-order valence-corrected chi connectivity index (χ0v) is 22.7. The molecule has 0 fully saturated rings. The molecule has 40 heavy (non-hydrogen) atoms. The standard InChI is InChI=1S/C32H21N5OS2/c33-20-22(32(34)38)19-26-15-18-29(39-26)28-17-16-27(30-31(28)36-40-35-30)21-11-13-25(14-12-21)37(23-7-3-1-4-8-23)24-9-5-2-6-10-24/h1-19H,(H2,34,38)/b22-19+. The lowest BCUT2D eigenvalue weighted by molar-refractivity contribution is -0.114. The molecule has 2 aromatic heterocycles. The van der Waals surface area contributed by atoms with E-state index in [1.165, 1.54) is 29.1 Å². The Morgan fingerprint density at radius 1 is 0.750 bits per heavy atom. The number of rotatable bonds is 7. The molecule has 6 aromatic rings. The monoisotopic (exact) mass is 555 g/mol. The number of anilines is 3. The fourth-order valence-electron chi connectivity index (χ4n) is 4.57. The van der Waals surface area contributed by atoms with Crippen molar-refractivity contribution in [2.24, 2.45) is 5.73 Å². The molecule has 4 aromatic carbocycles. The lowest BCUT2D eigenvalue weighted by Crippen LogP contribution is -2.12. The maximum absolute atomic E-state index is 11.4. The number of para-hydroxylation sites is 2. The number of benzene rings is 4. The first-order valence-corrected chi connectivity index (χ1v) is 13.9. The predicted molar refractivity (Wildman–Crippen MR) is 164 cm³/mol. The van der Waals surface area contributed by atoms with E-state index < -0.39 is 5.91 Å². The Morgan fingerprint density at radius 3 is 1.93 bits per heavy atom. The number of aromatic nitrogens is 2. The van der Waals surface area contributed by atoms with E-state index in [1.54, 1.807) is 0 Å². The minimum atomic E-state index is -0.741. The lowest BCUT2D eigenvalue weighted by atomic mass is 10.0. The van der Waals surface area contributed by atoms with Crippen LogP contribution in [-0.4, -0.2) is 14.7 Å². The van der Waals surface area contributed by atoms with Crippen LogP contribution in [0.3, 0.4) is 0 Å². The Morgan fingerprint density at radius 2 is 1.32 bits per heavy atom. The molecule has 0 unspecified atom stereocenters. The minimum Gasteiger partial charge on any atom is -0.365 e. The predicted octanol–water partition coefficient (Wildman–Crippen LogP) is 7.95.